The van der Waals surface area contributed by atoms with Crippen molar-refractivity contribution in [3.05, 3.63) is 21.3 Å². The van der Waals surface area contributed by atoms with Crippen molar-refractivity contribution in [3.63, 3.8) is 0 Å². The Balaban J connectivity index is 2.95. The zero-order valence-corrected chi connectivity index (χ0v) is 13.7. The van der Waals surface area contributed by atoms with Gasteiger partial charge in [-0.1, -0.05) is 6.92 Å². The van der Waals surface area contributed by atoms with Crippen molar-refractivity contribution in [2.24, 2.45) is 10.8 Å². The van der Waals surface area contributed by atoms with Gasteiger partial charge in [0.25, 0.3) is 0 Å². The molecular weight excluding hydrogens is 377 g/mol. The molecule has 0 unspecified atom stereocenters. The molecule has 19 heavy (non-hydrogen) atoms. The van der Waals surface area contributed by atoms with Gasteiger partial charge in [-0.05, 0) is 58.9 Å². The third-order valence-electron chi connectivity index (χ3n) is 2.09. The fraction of sp³-hybridized carbons (Fsp3) is 0.333. The van der Waals surface area contributed by atoms with Gasteiger partial charge in [0.05, 0.1) is 23.5 Å². The van der Waals surface area contributed by atoms with E-state index in [4.69, 9.17) is 15.2 Å². The van der Waals surface area contributed by atoms with Crippen LogP contribution in [-0.4, -0.2) is 25.0 Å². The molecule has 104 valence electrons. The van der Waals surface area contributed by atoms with Gasteiger partial charge in [-0.2, -0.15) is 5.10 Å². The van der Waals surface area contributed by atoms with Gasteiger partial charge in [0.15, 0.2) is 16.6 Å². The highest BCUT2D eigenvalue weighted by Crippen LogP contribution is 2.33. The second-order valence-electron chi connectivity index (χ2n) is 3.62. The molecule has 0 atom stereocenters. The van der Waals surface area contributed by atoms with Crippen LogP contribution in [0.2, 0.25) is 0 Å². The Labute approximate surface area is 131 Å². The molecule has 1 rings (SSSR count). The topological polar surface area (TPSA) is 68.9 Å². The van der Waals surface area contributed by atoms with Gasteiger partial charge in [0.1, 0.15) is 0 Å². The molecule has 0 aliphatic carbocycles. The number of benzene rings is 1. The van der Waals surface area contributed by atoms with Crippen LogP contribution >= 0.6 is 34.8 Å². The second-order valence-corrected chi connectivity index (χ2v) is 5.22. The van der Waals surface area contributed by atoms with Gasteiger partial charge in [-0.3, -0.25) is 5.43 Å². The van der Waals surface area contributed by atoms with Gasteiger partial charge in [-0.25, -0.2) is 0 Å². The monoisotopic (exact) mass is 393 g/mol. The first-order chi connectivity index (χ1) is 9.08. The Morgan fingerprint density at radius 2 is 2.32 bits per heavy atom. The summed E-state index contributed by atoms with van der Waals surface area (Å²) in [6.07, 6.45) is 2.56. The SMILES string of the molecule is CCCOc1c(I)cc(C=NNC(N)=S)cc1OC. The number of hydrazone groups is 1. The van der Waals surface area contributed by atoms with E-state index in [0.717, 1.165) is 21.3 Å². The molecule has 0 aliphatic heterocycles. The highest BCUT2D eigenvalue weighted by atomic mass is 127. The zero-order chi connectivity index (χ0) is 14.3. The number of ether oxygens (including phenoxy) is 2. The lowest BCUT2D eigenvalue weighted by Crippen LogP contribution is -2.24. The lowest BCUT2D eigenvalue weighted by molar-refractivity contribution is 0.292. The Bertz CT molecular complexity index is 480. The number of halogens is 1. The summed E-state index contributed by atoms with van der Waals surface area (Å²) >= 11 is 6.86. The van der Waals surface area contributed by atoms with Crippen LogP contribution in [0.25, 0.3) is 0 Å². The first-order valence-electron chi connectivity index (χ1n) is 5.67. The van der Waals surface area contributed by atoms with E-state index in [1.165, 1.54) is 0 Å². The quantitative estimate of drug-likeness (QED) is 0.336. The third-order valence-corrected chi connectivity index (χ3v) is 2.98. The van der Waals surface area contributed by atoms with Crippen LogP contribution in [-0.2, 0) is 0 Å². The first-order valence-corrected chi connectivity index (χ1v) is 7.16. The Morgan fingerprint density at radius 1 is 1.58 bits per heavy atom. The summed E-state index contributed by atoms with van der Waals surface area (Å²) in [5.74, 6) is 1.43. The molecule has 0 saturated heterocycles. The highest BCUT2D eigenvalue weighted by molar-refractivity contribution is 14.1. The molecule has 0 aromatic heterocycles. The number of methoxy groups -OCH3 is 1. The molecule has 0 aliphatic rings. The summed E-state index contributed by atoms with van der Waals surface area (Å²) in [5.41, 5.74) is 8.66. The molecule has 5 nitrogen and oxygen atoms in total. The second kappa shape index (κ2) is 8.16. The summed E-state index contributed by atoms with van der Waals surface area (Å²) in [4.78, 5) is 0. The predicted octanol–water partition coefficient (Wildman–Crippen LogP) is 2.26. The molecule has 0 fully saturated rings. The molecular formula is C12H16IN3O2S. The van der Waals surface area contributed by atoms with E-state index in [1.54, 1.807) is 13.3 Å². The summed E-state index contributed by atoms with van der Waals surface area (Å²) in [6.45, 7) is 2.71. The van der Waals surface area contributed by atoms with E-state index in [9.17, 15) is 0 Å². The molecule has 0 radical (unpaired) electrons. The maximum absolute atomic E-state index is 5.67. The predicted molar refractivity (Wildman–Crippen MR) is 89.0 cm³/mol. The Morgan fingerprint density at radius 3 is 2.89 bits per heavy atom. The minimum atomic E-state index is 0.126. The van der Waals surface area contributed by atoms with Crippen molar-refractivity contribution >= 4 is 46.1 Å². The fourth-order valence-corrected chi connectivity index (χ4v) is 2.16. The highest BCUT2D eigenvalue weighted by Gasteiger charge is 2.10. The van der Waals surface area contributed by atoms with Crippen LogP contribution in [0.15, 0.2) is 17.2 Å². The van der Waals surface area contributed by atoms with E-state index in [2.05, 4.69) is 52.3 Å². The van der Waals surface area contributed by atoms with Crippen LogP contribution in [0.5, 0.6) is 11.5 Å². The standard InChI is InChI=1S/C12H16IN3O2S/c1-3-4-18-11-9(13)5-8(6-10(11)17-2)7-15-16-12(14)19/h5-7H,3-4H2,1-2H3,(H3,14,16,19). The van der Waals surface area contributed by atoms with Crippen molar-refractivity contribution in [2.45, 2.75) is 13.3 Å². The maximum atomic E-state index is 5.67. The van der Waals surface area contributed by atoms with Gasteiger partial charge in [0, 0.05) is 0 Å². The zero-order valence-electron chi connectivity index (χ0n) is 10.8. The Hall–Kier alpha value is -1.09. The van der Waals surface area contributed by atoms with E-state index in [-0.39, 0.29) is 5.11 Å². The normalized spacial score (nSPS) is 10.5. The lowest BCUT2D eigenvalue weighted by atomic mass is 10.2. The van der Waals surface area contributed by atoms with Crippen molar-refractivity contribution in [1.29, 1.82) is 0 Å². The van der Waals surface area contributed by atoms with Crippen LogP contribution in [0.3, 0.4) is 0 Å². The van der Waals surface area contributed by atoms with Crippen LogP contribution in [0, 0.1) is 3.57 Å². The molecule has 0 bridgehead atoms. The number of nitrogens with zero attached hydrogens (tertiary/aromatic N) is 1. The van der Waals surface area contributed by atoms with Crippen LogP contribution in [0.4, 0.5) is 0 Å². The molecule has 0 spiro atoms. The van der Waals surface area contributed by atoms with E-state index < -0.39 is 0 Å². The van der Waals surface area contributed by atoms with Crippen LogP contribution < -0.4 is 20.6 Å². The molecule has 0 amide bonds. The number of nitrogens with two attached hydrogens (primary N) is 1. The Kier molecular flexibility index (Phi) is 6.85. The molecule has 7 heteroatoms. The number of rotatable bonds is 6. The van der Waals surface area contributed by atoms with Crippen molar-refractivity contribution < 1.29 is 9.47 Å². The number of hydrogen-bond acceptors (Lipinski definition) is 4. The van der Waals surface area contributed by atoms with Gasteiger partial charge >= 0.3 is 0 Å². The molecule has 1 aromatic rings. The molecule has 3 N–H and O–H groups in total. The summed E-state index contributed by atoms with van der Waals surface area (Å²) in [5, 5.41) is 4.03. The van der Waals surface area contributed by atoms with E-state index in [0.29, 0.717) is 12.4 Å². The lowest BCUT2D eigenvalue weighted by Gasteiger charge is -2.12. The summed E-state index contributed by atoms with van der Waals surface area (Å²) in [7, 11) is 1.61. The van der Waals surface area contributed by atoms with Crippen molar-refractivity contribution in [2.75, 3.05) is 13.7 Å². The average molecular weight is 393 g/mol. The van der Waals surface area contributed by atoms with E-state index in [1.807, 2.05) is 12.1 Å². The molecule has 0 saturated carbocycles. The molecule has 1 aromatic carbocycles. The van der Waals surface area contributed by atoms with Crippen molar-refractivity contribution in [1.82, 2.24) is 5.43 Å². The minimum absolute atomic E-state index is 0.126. The smallest absolute Gasteiger partial charge is 0.184 e. The largest absolute Gasteiger partial charge is 0.493 e. The molecule has 0 heterocycles. The van der Waals surface area contributed by atoms with Gasteiger partial charge in [-0.15, -0.1) is 0 Å². The van der Waals surface area contributed by atoms with Crippen LogP contribution in [0.1, 0.15) is 18.9 Å². The fourth-order valence-electron chi connectivity index (χ4n) is 1.33. The summed E-state index contributed by atoms with van der Waals surface area (Å²) in [6, 6.07) is 3.79. The summed E-state index contributed by atoms with van der Waals surface area (Å²) < 4.78 is 12.0. The van der Waals surface area contributed by atoms with Crippen molar-refractivity contribution in [3.8, 4) is 11.5 Å². The van der Waals surface area contributed by atoms with E-state index >= 15 is 0 Å². The first kappa shape index (κ1) is 16.0. The number of thiocarbonyl (C=S) groups is 1. The van der Waals surface area contributed by atoms with Gasteiger partial charge < -0.3 is 15.2 Å². The average Bonchev–Trinajstić information content (AvgIpc) is 2.36. The van der Waals surface area contributed by atoms with Gasteiger partial charge in [0.2, 0.25) is 0 Å². The number of nitrogens with one attached hydrogen (secondary N) is 1. The third kappa shape index (κ3) is 5.19. The minimum Gasteiger partial charge on any atom is -0.493 e. The number of hydrogen-bond donors (Lipinski definition) is 2. The maximum Gasteiger partial charge on any atom is 0.184 e.